The van der Waals surface area contributed by atoms with Crippen molar-refractivity contribution in [2.75, 3.05) is 12.4 Å². The lowest BCUT2D eigenvalue weighted by Crippen LogP contribution is -2.15. The quantitative estimate of drug-likeness (QED) is 0.853. The summed E-state index contributed by atoms with van der Waals surface area (Å²) in [5, 5.41) is 11.3. The van der Waals surface area contributed by atoms with Gasteiger partial charge in [0.2, 0.25) is 0 Å². The largest absolute Gasteiger partial charge is 0.362 e. The molecule has 0 bridgehead atoms. The van der Waals surface area contributed by atoms with Gasteiger partial charge in [0.1, 0.15) is 6.73 Å². The van der Waals surface area contributed by atoms with E-state index in [1.54, 1.807) is 30.4 Å². The van der Waals surface area contributed by atoms with Crippen molar-refractivity contribution in [2.24, 2.45) is 0 Å². The Labute approximate surface area is 130 Å². The van der Waals surface area contributed by atoms with Crippen molar-refractivity contribution in [3.8, 4) is 0 Å². The number of anilines is 1. The summed E-state index contributed by atoms with van der Waals surface area (Å²) in [6.07, 6.45) is 6.93. The Morgan fingerprint density at radius 1 is 1.32 bits per heavy atom. The van der Waals surface area contributed by atoms with E-state index in [1.807, 2.05) is 11.6 Å². The highest BCUT2D eigenvalue weighted by atomic mass is 16.5. The van der Waals surface area contributed by atoms with Crippen LogP contribution in [0.1, 0.15) is 48.8 Å². The number of rotatable bonds is 7. The van der Waals surface area contributed by atoms with E-state index in [9.17, 15) is 4.79 Å². The first-order valence-corrected chi connectivity index (χ1v) is 7.47. The third-order valence-corrected chi connectivity index (χ3v) is 3.73. The van der Waals surface area contributed by atoms with Gasteiger partial charge in [-0.05, 0) is 19.8 Å². The number of ether oxygens (including phenoxy) is 1. The van der Waals surface area contributed by atoms with Crippen LogP contribution in [0.5, 0.6) is 0 Å². The molecule has 0 aliphatic rings. The summed E-state index contributed by atoms with van der Waals surface area (Å²) in [5.41, 5.74) is 2.11. The van der Waals surface area contributed by atoms with E-state index < -0.39 is 0 Å². The highest BCUT2D eigenvalue weighted by molar-refractivity contribution is 6.04. The number of amides is 1. The third kappa shape index (κ3) is 3.36. The Balaban J connectivity index is 2.12. The molecule has 0 saturated heterocycles. The van der Waals surface area contributed by atoms with Crippen molar-refractivity contribution < 1.29 is 9.53 Å². The fraction of sp³-hybridized carbons (Fsp3) is 0.533. The molecule has 7 nitrogen and oxygen atoms in total. The fourth-order valence-corrected chi connectivity index (χ4v) is 2.48. The van der Waals surface area contributed by atoms with Crippen LogP contribution in [0.15, 0.2) is 18.6 Å². The van der Waals surface area contributed by atoms with Crippen LogP contribution < -0.4 is 5.32 Å². The Morgan fingerprint density at radius 2 is 2.05 bits per heavy atom. The van der Waals surface area contributed by atoms with Crippen molar-refractivity contribution in [3.05, 3.63) is 29.8 Å². The molecule has 7 heteroatoms. The van der Waals surface area contributed by atoms with E-state index in [0.717, 1.165) is 18.5 Å². The number of carbonyl (C=O) groups is 1. The zero-order valence-electron chi connectivity index (χ0n) is 13.5. The van der Waals surface area contributed by atoms with Crippen molar-refractivity contribution in [1.82, 2.24) is 19.6 Å². The van der Waals surface area contributed by atoms with E-state index in [0.29, 0.717) is 24.0 Å². The van der Waals surface area contributed by atoms with E-state index in [1.165, 1.54) is 0 Å². The van der Waals surface area contributed by atoms with Gasteiger partial charge in [0.05, 0.1) is 35.9 Å². The van der Waals surface area contributed by atoms with E-state index in [2.05, 4.69) is 29.4 Å². The molecule has 1 amide bonds. The van der Waals surface area contributed by atoms with Crippen LogP contribution in [0.2, 0.25) is 0 Å². The van der Waals surface area contributed by atoms with Gasteiger partial charge in [-0.25, -0.2) is 4.68 Å². The molecule has 0 saturated carbocycles. The van der Waals surface area contributed by atoms with Gasteiger partial charge in [0, 0.05) is 12.8 Å². The highest BCUT2D eigenvalue weighted by Gasteiger charge is 2.18. The molecule has 2 aromatic heterocycles. The SMILES string of the molecule is CCC(CC)n1ncc(C(=O)Nc2cnn(COC)c2)c1C. The van der Waals surface area contributed by atoms with Crippen LogP contribution in [0.3, 0.4) is 0 Å². The molecule has 0 unspecified atom stereocenters. The van der Waals surface area contributed by atoms with Crippen molar-refractivity contribution in [2.45, 2.75) is 46.4 Å². The first kappa shape index (κ1) is 16.2. The van der Waals surface area contributed by atoms with Crippen LogP contribution in [0.25, 0.3) is 0 Å². The number of carbonyl (C=O) groups excluding carboxylic acids is 1. The second-order valence-electron chi connectivity index (χ2n) is 5.20. The van der Waals surface area contributed by atoms with Crippen molar-refractivity contribution in [3.63, 3.8) is 0 Å². The molecule has 0 aromatic carbocycles. The lowest BCUT2D eigenvalue weighted by molar-refractivity contribution is 0.102. The maximum absolute atomic E-state index is 12.4. The molecule has 0 radical (unpaired) electrons. The molecule has 0 spiro atoms. The first-order chi connectivity index (χ1) is 10.6. The van der Waals surface area contributed by atoms with Crippen molar-refractivity contribution >= 4 is 11.6 Å². The molecule has 120 valence electrons. The Bertz CT molecular complexity index is 628. The maximum atomic E-state index is 12.4. The molecule has 0 atom stereocenters. The molecule has 1 N–H and O–H groups in total. The summed E-state index contributed by atoms with van der Waals surface area (Å²) in [4.78, 5) is 12.4. The minimum Gasteiger partial charge on any atom is -0.362 e. The predicted octanol–water partition coefficient (Wildman–Crippen LogP) is 2.61. The van der Waals surface area contributed by atoms with Gasteiger partial charge < -0.3 is 10.1 Å². The Hall–Kier alpha value is -2.15. The molecular formula is C15H23N5O2. The summed E-state index contributed by atoms with van der Waals surface area (Å²) < 4.78 is 8.52. The molecule has 2 heterocycles. The van der Waals surface area contributed by atoms with E-state index >= 15 is 0 Å². The molecule has 22 heavy (non-hydrogen) atoms. The first-order valence-electron chi connectivity index (χ1n) is 7.47. The second-order valence-corrected chi connectivity index (χ2v) is 5.20. The summed E-state index contributed by atoms with van der Waals surface area (Å²) in [6, 6.07) is 0.325. The molecule has 0 fully saturated rings. The number of aromatic nitrogens is 4. The van der Waals surface area contributed by atoms with E-state index in [4.69, 9.17) is 4.74 Å². The number of methoxy groups -OCH3 is 1. The average molecular weight is 305 g/mol. The number of hydrogen-bond donors (Lipinski definition) is 1. The fourth-order valence-electron chi connectivity index (χ4n) is 2.48. The zero-order valence-corrected chi connectivity index (χ0v) is 13.5. The third-order valence-electron chi connectivity index (χ3n) is 3.73. The maximum Gasteiger partial charge on any atom is 0.259 e. The van der Waals surface area contributed by atoms with Gasteiger partial charge in [-0.1, -0.05) is 13.8 Å². The van der Waals surface area contributed by atoms with Gasteiger partial charge >= 0.3 is 0 Å². The molecular weight excluding hydrogens is 282 g/mol. The summed E-state index contributed by atoms with van der Waals surface area (Å²) >= 11 is 0. The van der Waals surface area contributed by atoms with Crippen LogP contribution in [0, 0.1) is 6.92 Å². The van der Waals surface area contributed by atoms with Gasteiger partial charge in [-0.15, -0.1) is 0 Å². The van der Waals surface area contributed by atoms with Gasteiger partial charge in [0.25, 0.3) is 5.91 Å². The van der Waals surface area contributed by atoms with E-state index in [-0.39, 0.29) is 5.91 Å². The van der Waals surface area contributed by atoms with Crippen LogP contribution >= 0.6 is 0 Å². The topological polar surface area (TPSA) is 74.0 Å². The van der Waals surface area contributed by atoms with Gasteiger partial charge in [-0.3, -0.25) is 9.48 Å². The average Bonchev–Trinajstić information content (AvgIpc) is 3.09. The number of nitrogens with zero attached hydrogens (tertiary/aromatic N) is 4. The predicted molar refractivity (Wildman–Crippen MR) is 83.8 cm³/mol. The summed E-state index contributed by atoms with van der Waals surface area (Å²) in [5.74, 6) is -0.174. The number of nitrogens with one attached hydrogen (secondary N) is 1. The smallest absolute Gasteiger partial charge is 0.259 e. The van der Waals surface area contributed by atoms with Crippen LogP contribution in [0.4, 0.5) is 5.69 Å². The highest BCUT2D eigenvalue weighted by Crippen LogP contribution is 2.20. The lowest BCUT2D eigenvalue weighted by atomic mass is 10.1. The molecule has 2 aromatic rings. The molecule has 2 rings (SSSR count). The Kier molecular flexibility index (Phi) is 5.32. The molecule has 0 aliphatic carbocycles. The minimum absolute atomic E-state index is 0.174. The summed E-state index contributed by atoms with van der Waals surface area (Å²) in [7, 11) is 1.59. The molecule has 0 aliphatic heterocycles. The summed E-state index contributed by atoms with van der Waals surface area (Å²) in [6.45, 7) is 6.52. The second kappa shape index (κ2) is 7.22. The zero-order chi connectivity index (χ0) is 16.1. The van der Waals surface area contributed by atoms with Crippen LogP contribution in [-0.2, 0) is 11.5 Å². The standard InChI is InChI=1S/C15H23N5O2/c1-5-13(6-2)20-11(3)14(8-17-20)15(21)18-12-7-16-19(9-12)10-22-4/h7-9,13H,5-6,10H2,1-4H3,(H,18,21). The number of hydrogen-bond acceptors (Lipinski definition) is 4. The minimum atomic E-state index is -0.174. The van der Waals surface area contributed by atoms with Gasteiger partial charge in [0.15, 0.2) is 0 Å². The van der Waals surface area contributed by atoms with Crippen molar-refractivity contribution in [1.29, 1.82) is 0 Å². The van der Waals surface area contributed by atoms with Crippen LogP contribution in [-0.4, -0.2) is 32.6 Å². The lowest BCUT2D eigenvalue weighted by Gasteiger charge is -2.15. The monoisotopic (exact) mass is 305 g/mol. The van der Waals surface area contributed by atoms with Gasteiger partial charge in [-0.2, -0.15) is 10.2 Å². The Morgan fingerprint density at radius 3 is 2.68 bits per heavy atom. The normalized spacial score (nSPS) is 11.1.